The van der Waals surface area contributed by atoms with Crippen LogP contribution < -0.4 is 15.2 Å². The van der Waals surface area contributed by atoms with Crippen molar-refractivity contribution in [3.05, 3.63) is 29.8 Å². The van der Waals surface area contributed by atoms with Gasteiger partial charge >= 0.3 is 0 Å². The number of hydrogen-bond acceptors (Lipinski definition) is 5. The molecule has 0 aromatic heterocycles. The Labute approximate surface area is 135 Å². The highest BCUT2D eigenvalue weighted by atomic mass is 32.2. The van der Waals surface area contributed by atoms with Gasteiger partial charge in [0.05, 0.1) is 5.25 Å². The van der Waals surface area contributed by atoms with Crippen molar-refractivity contribution >= 4 is 21.8 Å². The molecule has 2 amide bonds. The lowest BCUT2D eigenvalue weighted by Crippen LogP contribution is -2.39. The number of ether oxygens (including phenoxy) is 1. The molecular formula is C15H20N2O5S. The zero-order valence-electron chi connectivity index (χ0n) is 12.7. The zero-order chi connectivity index (χ0) is 16.9. The third kappa shape index (κ3) is 4.95. The number of nitrogens with two attached hydrogens (primary N) is 1. The Morgan fingerprint density at radius 3 is 2.30 bits per heavy atom. The van der Waals surface area contributed by atoms with E-state index in [1.807, 2.05) is 0 Å². The van der Waals surface area contributed by atoms with E-state index in [1.165, 1.54) is 24.3 Å². The lowest BCUT2D eigenvalue weighted by molar-refractivity contribution is -0.119. The zero-order valence-corrected chi connectivity index (χ0v) is 13.5. The summed E-state index contributed by atoms with van der Waals surface area (Å²) in [7, 11) is -3.65. The fourth-order valence-electron chi connectivity index (χ4n) is 2.50. The summed E-state index contributed by atoms with van der Waals surface area (Å²) in [5.74, 6) is -0.905. The average molecular weight is 340 g/mol. The summed E-state index contributed by atoms with van der Waals surface area (Å²) < 4.78 is 31.6. The number of sulfonamides is 1. The van der Waals surface area contributed by atoms with Crippen molar-refractivity contribution in [2.75, 3.05) is 6.61 Å². The summed E-state index contributed by atoms with van der Waals surface area (Å²) in [5.41, 5.74) is 5.17. The third-order valence-electron chi connectivity index (χ3n) is 3.72. The van der Waals surface area contributed by atoms with Crippen LogP contribution in [0.4, 0.5) is 0 Å². The van der Waals surface area contributed by atoms with Crippen molar-refractivity contribution in [1.29, 1.82) is 0 Å². The number of primary amides is 1. The first-order valence-corrected chi connectivity index (χ1v) is 9.00. The molecule has 23 heavy (non-hydrogen) atoms. The van der Waals surface area contributed by atoms with E-state index in [0.29, 0.717) is 18.6 Å². The molecule has 7 nitrogen and oxygen atoms in total. The van der Waals surface area contributed by atoms with Gasteiger partial charge in [-0.05, 0) is 37.1 Å². The van der Waals surface area contributed by atoms with E-state index in [2.05, 4.69) is 4.72 Å². The Balaban J connectivity index is 1.98. The molecule has 0 atom stereocenters. The fourth-order valence-corrected chi connectivity index (χ4v) is 4.00. The van der Waals surface area contributed by atoms with Crippen molar-refractivity contribution in [3.8, 4) is 5.75 Å². The molecule has 0 saturated heterocycles. The number of rotatable bonds is 6. The number of nitrogens with one attached hydrogen (secondary N) is 1. The molecular weight excluding hydrogens is 320 g/mol. The van der Waals surface area contributed by atoms with Crippen molar-refractivity contribution < 1.29 is 22.7 Å². The van der Waals surface area contributed by atoms with E-state index in [-0.39, 0.29) is 12.2 Å². The van der Waals surface area contributed by atoms with Crippen molar-refractivity contribution in [1.82, 2.24) is 4.72 Å². The maximum atomic E-state index is 12.2. The highest BCUT2D eigenvalue weighted by Gasteiger charge is 2.28. The lowest BCUT2D eigenvalue weighted by atomic mass is 10.0. The van der Waals surface area contributed by atoms with E-state index in [1.54, 1.807) is 0 Å². The van der Waals surface area contributed by atoms with Gasteiger partial charge in [0.1, 0.15) is 5.75 Å². The van der Waals surface area contributed by atoms with Gasteiger partial charge in [-0.3, -0.25) is 9.59 Å². The summed E-state index contributed by atoms with van der Waals surface area (Å²) >= 11 is 0. The number of hydrogen-bond donors (Lipinski definition) is 2. The second-order valence-corrected chi connectivity index (χ2v) is 7.48. The molecule has 3 N–H and O–H groups in total. The van der Waals surface area contributed by atoms with E-state index in [4.69, 9.17) is 10.5 Å². The molecule has 1 aromatic carbocycles. The molecule has 0 radical (unpaired) electrons. The van der Waals surface area contributed by atoms with Gasteiger partial charge in [0, 0.05) is 5.56 Å². The van der Waals surface area contributed by atoms with E-state index in [0.717, 1.165) is 19.3 Å². The van der Waals surface area contributed by atoms with Crippen LogP contribution in [-0.4, -0.2) is 32.1 Å². The first-order valence-electron chi connectivity index (χ1n) is 7.45. The van der Waals surface area contributed by atoms with Crippen LogP contribution in [0.2, 0.25) is 0 Å². The minimum atomic E-state index is -3.65. The Bertz CT molecular complexity index is 664. The molecule has 0 heterocycles. The molecule has 0 unspecified atom stereocenters. The molecule has 0 spiro atoms. The minimum absolute atomic E-state index is 0.204. The summed E-state index contributed by atoms with van der Waals surface area (Å²) in [5, 5.41) is -0.502. The first kappa shape index (κ1) is 17.3. The van der Waals surface area contributed by atoms with E-state index in [9.17, 15) is 18.0 Å². The molecule has 126 valence electrons. The highest BCUT2D eigenvalue weighted by Crippen LogP contribution is 2.23. The van der Waals surface area contributed by atoms with Gasteiger partial charge in [-0.1, -0.05) is 19.3 Å². The molecule has 1 aromatic rings. The summed E-state index contributed by atoms with van der Waals surface area (Å²) in [6.45, 7) is -0.262. The highest BCUT2D eigenvalue weighted by molar-refractivity contribution is 7.90. The van der Waals surface area contributed by atoms with Crippen molar-refractivity contribution in [3.63, 3.8) is 0 Å². The molecule has 1 fully saturated rings. The first-order chi connectivity index (χ1) is 10.9. The van der Waals surface area contributed by atoms with Crippen LogP contribution in [0.25, 0.3) is 0 Å². The van der Waals surface area contributed by atoms with Gasteiger partial charge in [0.15, 0.2) is 6.61 Å². The molecule has 2 rings (SSSR count). The standard InChI is InChI=1S/C15H20N2O5S/c16-14(18)10-22-12-8-6-11(7-9-12)15(19)17-23(20,21)13-4-2-1-3-5-13/h6-9,13H,1-5,10H2,(H2,16,18)(H,17,19). The maximum absolute atomic E-state index is 12.2. The molecule has 1 aliphatic rings. The van der Waals surface area contributed by atoms with Gasteiger partial charge in [0.25, 0.3) is 11.8 Å². The Morgan fingerprint density at radius 1 is 1.13 bits per heavy atom. The Kier molecular flexibility index (Phi) is 5.59. The molecule has 1 saturated carbocycles. The fraction of sp³-hybridized carbons (Fsp3) is 0.467. The van der Waals surface area contributed by atoms with Gasteiger partial charge in [0.2, 0.25) is 10.0 Å². The number of carbonyl (C=O) groups is 2. The minimum Gasteiger partial charge on any atom is -0.484 e. The predicted octanol–water partition coefficient (Wildman–Crippen LogP) is 0.943. The molecule has 0 aliphatic heterocycles. The summed E-state index contributed by atoms with van der Waals surface area (Å²) in [4.78, 5) is 22.7. The smallest absolute Gasteiger partial charge is 0.264 e. The van der Waals surface area contributed by atoms with E-state index >= 15 is 0 Å². The summed E-state index contributed by atoms with van der Waals surface area (Å²) in [6.07, 6.45) is 3.94. The van der Waals surface area contributed by atoms with Crippen LogP contribution in [0.5, 0.6) is 5.75 Å². The second-order valence-electron chi connectivity index (χ2n) is 5.52. The van der Waals surface area contributed by atoms with Crippen LogP contribution >= 0.6 is 0 Å². The lowest BCUT2D eigenvalue weighted by Gasteiger charge is -2.21. The van der Waals surface area contributed by atoms with Crippen LogP contribution in [0.3, 0.4) is 0 Å². The largest absolute Gasteiger partial charge is 0.484 e. The van der Waals surface area contributed by atoms with Crippen LogP contribution in [0, 0.1) is 0 Å². The van der Waals surface area contributed by atoms with Gasteiger partial charge in [-0.25, -0.2) is 13.1 Å². The van der Waals surface area contributed by atoms with Gasteiger partial charge < -0.3 is 10.5 Å². The van der Waals surface area contributed by atoms with E-state index < -0.39 is 27.1 Å². The number of carbonyl (C=O) groups excluding carboxylic acids is 2. The number of benzene rings is 1. The second kappa shape index (κ2) is 7.45. The molecule has 0 bridgehead atoms. The maximum Gasteiger partial charge on any atom is 0.264 e. The van der Waals surface area contributed by atoms with Gasteiger partial charge in [-0.2, -0.15) is 0 Å². The van der Waals surface area contributed by atoms with Crippen LogP contribution in [-0.2, 0) is 14.8 Å². The van der Waals surface area contributed by atoms with Crippen molar-refractivity contribution in [2.45, 2.75) is 37.4 Å². The Morgan fingerprint density at radius 2 is 1.74 bits per heavy atom. The average Bonchev–Trinajstić information content (AvgIpc) is 2.54. The quantitative estimate of drug-likeness (QED) is 0.799. The number of amides is 2. The topological polar surface area (TPSA) is 116 Å². The predicted molar refractivity (Wildman–Crippen MR) is 84.4 cm³/mol. The van der Waals surface area contributed by atoms with Crippen LogP contribution in [0.15, 0.2) is 24.3 Å². The normalized spacial score (nSPS) is 15.8. The van der Waals surface area contributed by atoms with Gasteiger partial charge in [-0.15, -0.1) is 0 Å². The monoisotopic (exact) mass is 340 g/mol. The third-order valence-corrected chi connectivity index (χ3v) is 5.54. The molecule has 8 heteroatoms. The molecule has 1 aliphatic carbocycles. The van der Waals surface area contributed by atoms with Crippen molar-refractivity contribution in [2.24, 2.45) is 5.73 Å². The SMILES string of the molecule is NC(=O)COc1ccc(C(=O)NS(=O)(=O)C2CCCCC2)cc1. The summed E-state index contributed by atoms with van der Waals surface area (Å²) in [6, 6.07) is 5.82. The Hall–Kier alpha value is -2.09. The van der Waals surface area contributed by atoms with Crippen LogP contribution in [0.1, 0.15) is 42.5 Å².